The fraction of sp³-hybridized carbons (Fsp3) is 0.806. The molecule has 0 saturated heterocycles. The second-order valence-corrected chi connectivity index (χ2v) is 13.2. The molecule has 0 radical (unpaired) electrons. The average Bonchev–Trinajstić information content (AvgIpc) is 3.58. The highest BCUT2D eigenvalue weighted by atomic mass is 16.3. The lowest BCUT2D eigenvalue weighted by Gasteiger charge is -2.51. The van der Waals surface area contributed by atoms with Crippen LogP contribution in [0.5, 0.6) is 0 Å². The smallest absolute Gasteiger partial charge is 0.0811 e. The molecule has 0 bridgehead atoms. The van der Waals surface area contributed by atoms with Crippen LogP contribution in [0.25, 0.3) is 0 Å². The van der Waals surface area contributed by atoms with E-state index in [0.29, 0.717) is 36.5 Å². The Morgan fingerprint density at radius 2 is 1.79 bits per heavy atom. The number of hydrogen-bond donors (Lipinski definition) is 3. The van der Waals surface area contributed by atoms with Crippen LogP contribution < -0.4 is 0 Å². The van der Waals surface area contributed by atoms with Crippen LogP contribution in [0.2, 0.25) is 0 Å². The maximum atomic E-state index is 11.4. The lowest BCUT2D eigenvalue weighted by Crippen LogP contribution is -2.43. The van der Waals surface area contributed by atoms with Crippen molar-refractivity contribution in [1.29, 1.82) is 0 Å². The highest BCUT2D eigenvalue weighted by Gasteiger charge is 2.58. The van der Waals surface area contributed by atoms with Crippen LogP contribution in [0.4, 0.5) is 0 Å². The van der Waals surface area contributed by atoms with Gasteiger partial charge in [-0.1, -0.05) is 58.9 Å². The summed E-state index contributed by atoms with van der Waals surface area (Å²) in [6, 6.07) is 0. The van der Waals surface area contributed by atoms with Crippen molar-refractivity contribution >= 4 is 0 Å². The molecule has 0 aromatic heterocycles. The molecule has 0 heterocycles. The van der Waals surface area contributed by atoms with Crippen LogP contribution >= 0.6 is 0 Å². The molecule has 3 heteroatoms. The summed E-state index contributed by atoms with van der Waals surface area (Å²) in [4.78, 5) is 0. The highest BCUT2D eigenvalue weighted by Crippen LogP contribution is 2.67. The van der Waals surface area contributed by atoms with Gasteiger partial charge in [0.1, 0.15) is 0 Å². The number of aliphatic hydroxyl groups excluding tert-OH is 2. The zero-order chi connectivity index (χ0) is 24.9. The molecule has 0 aromatic rings. The van der Waals surface area contributed by atoms with Gasteiger partial charge in [0, 0.05) is 6.42 Å². The van der Waals surface area contributed by atoms with E-state index in [4.69, 9.17) is 0 Å². The molecule has 4 aliphatic rings. The van der Waals surface area contributed by atoms with Crippen LogP contribution in [-0.4, -0.2) is 33.1 Å². The van der Waals surface area contributed by atoms with E-state index in [1.165, 1.54) is 38.5 Å². The van der Waals surface area contributed by atoms with Gasteiger partial charge >= 0.3 is 0 Å². The summed E-state index contributed by atoms with van der Waals surface area (Å²) in [5.41, 5.74) is 3.33. The Bertz CT molecular complexity index is 832. The van der Waals surface area contributed by atoms with Gasteiger partial charge in [-0.25, -0.2) is 0 Å². The second-order valence-electron chi connectivity index (χ2n) is 13.2. The fourth-order valence-corrected chi connectivity index (χ4v) is 8.21. The Hall–Kier alpha value is -0.900. The van der Waals surface area contributed by atoms with Gasteiger partial charge in [0.05, 0.1) is 17.8 Å². The van der Waals surface area contributed by atoms with Gasteiger partial charge in [0.2, 0.25) is 0 Å². The molecule has 4 fully saturated rings. The molecule has 0 aliphatic heterocycles. The van der Waals surface area contributed by atoms with E-state index in [-0.39, 0.29) is 10.8 Å². The molecule has 3 nitrogen and oxygen atoms in total. The van der Waals surface area contributed by atoms with E-state index in [0.717, 1.165) is 30.4 Å². The van der Waals surface area contributed by atoms with Crippen molar-refractivity contribution in [2.75, 3.05) is 0 Å². The first-order valence-electron chi connectivity index (χ1n) is 14.1. The number of fused-ring (bicyclic) bond motifs is 1. The third-order valence-electron chi connectivity index (χ3n) is 11.1. The molecule has 192 valence electrons. The monoisotopic (exact) mass is 470 g/mol. The van der Waals surface area contributed by atoms with E-state index >= 15 is 0 Å². The zero-order valence-corrected chi connectivity index (χ0v) is 22.4. The van der Waals surface area contributed by atoms with E-state index in [1.54, 1.807) is 5.57 Å². The minimum absolute atomic E-state index is 0.194. The Morgan fingerprint density at radius 3 is 2.44 bits per heavy atom. The zero-order valence-electron chi connectivity index (χ0n) is 22.4. The van der Waals surface area contributed by atoms with Gasteiger partial charge in [0.25, 0.3) is 0 Å². The Labute approximate surface area is 208 Å². The van der Waals surface area contributed by atoms with E-state index < -0.39 is 17.8 Å². The van der Waals surface area contributed by atoms with Crippen LogP contribution in [0.1, 0.15) is 105 Å². The predicted molar refractivity (Wildman–Crippen MR) is 140 cm³/mol. The third kappa shape index (κ3) is 4.50. The topological polar surface area (TPSA) is 60.7 Å². The van der Waals surface area contributed by atoms with Crippen LogP contribution in [0.15, 0.2) is 35.5 Å². The number of aliphatic hydroxyl groups is 3. The van der Waals surface area contributed by atoms with Crippen LogP contribution in [0, 0.1) is 34.5 Å². The maximum absolute atomic E-state index is 11.4. The Morgan fingerprint density at radius 1 is 1.09 bits per heavy atom. The van der Waals surface area contributed by atoms with E-state index in [2.05, 4.69) is 53.3 Å². The molecule has 4 unspecified atom stereocenters. The summed E-state index contributed by atoms with van der Waals surface area (Å²) < 4.78 is 0. The third-order valence-corrected chi connectivity index (χ3v) is 11.1. The first kappa shape index (κ1) is 26.2. The van der Waals surface area contributed by atoms with E-state index in [1.807, 2.05) is 0 Å². The number of allylic oxidation sites excluding steroid dienone is 3. The van der Waals surface area contributed by atoms with Crippen molar-refractivity contribution in [2.24, 2.45) is 34.5 Å². The van der Waals surface area contributed by atoms with Gasteiger partial charge < -0.3 is 15.3 Å². The average molecular weight is 471 g/mol. The minimum Gasteiger partial charge on any atom is -0.393 e. The number of rotatable bonds is 7. The van der Waals surface area contributed by atoms with Gasteiger partial charge in [0.15, 0.2) is 0 Å². The molecular formula is C31H50O3. The molecule has 0 spiro atoms. The van der Waals surface area contributed by atoms with Crippen molar-refractivity contribution in [3.05, 3.63) is 35.5 Å². The molecule has 4 rings (SSSR count). The van der Waals surface area contributed by atoms with Gasteiger partial charge in [-0.3, -0.25) is 0 Å². The minimum atomic E-state index is -0.627. The summed E-state index contributed by atoms with van der Waals surface area (Å²) in [6.07, 6.45) is 15.0. The van der Waals surface area contributed by atoms with Crippen molar-refractivity contribution in [1.82, 2.24) is 0 Å². The summed E-state index contributed by atoms with van der Waals surface area (Å²) in [7, 11) is 0. The van der Waals surface area contributed by atoms with Gasteiger partial charge in [-0.05, 0) is 110 Å². The summed E-state index contributed by atoms with van der Waals surface area (Å²) in [5, 5.41) is 31.8. The molecule has 3 N–H and O–H groups in total. The SMILES string of the molecule is C=C1C(=CC=C2CCC[C@]3(C)C(C(C)CC[C@](O)(C(C)C)C4CC4)CC[C@@]23C)CC(O)CC1O. The number of hydrogen-bond acceptors (Lipinski definition) is 3. The van der Waals surface area contributed by atoms with Crippen molar-refractivity contribution < 1.29 is 15.3 Å². The van der Waals surface area contributed by atoms with Crippen molar-refractivity contribution in [2.45, 2.75) is 123 Å². The quantitative estimate of drug-likeness (QED) is 0.386. The van der Waals surface area contributed by atoms with Gasteiger partial charge in [-0.15, -0.1) is 0 Å². The molecule has 0 amide bonds. The molecular weight excluding hydrogens is 420 g/mol. The second kappa shape index (κ2) is 9.52. The Kier molecular flexibility index (Phi) is 7.33. The van der Waals surface area contributed by atoms with Crippen LogP contribution in [0.3, 0.4) is 0 Å². The van der Waals surface area contributed by atoms with Crippen LogP contribution in [-0.2, 0) is 0 Å². The molecule has 7 atom stereocenters. The van der Waals surface area contributed by atoms with Crippen molar-refractivity contribution in [3.63, 3.8) is 0 Å². The summed E-state index contributed by atoms with van der Waals surface area (Å²) in [6.45, 7) is 16.0. The molecule has 0 aromatic carbocycles. The summed E-state index contributed by atoms with van der Waals surface area (Å²) in [5.74, 6) is 2.17. The maximum Gasteiger partial charge on any atom is 0.0811 e. The Balaban J connectivity index is 1.51. The lowest BCUT2D eigenvalue weighted by molar-refractivity contribution is -0.0443. The first-order chi connectivity index (χ1) is 15.9. The standard InChI is InChI=1S/C31H50O3/c1-20(2)31(34,25-11-12-25)17-13-21(3)27-14-16-29(5)24(8-7-15-30(27,29)6)10-9-23-18-26(32)19-28(33)22(23)4/h9-10,20-21,25-28,32-34H,4,7-8,11-19H2,1-3,5-6H3/t21?,26?,27?,28?,29-,30+,31-/m0/s1. The predicted octanol–water partition coefficient (Wildman–Crippen LogP) is 6.73. The molecule has 34 heavy (non-hydrogen) atoms. The van der Waals surface area contributed by atoms with Crippen molar-refractivity contribution in [3.8, 4) is 0 Å². The normalized spacial score (nSPS) is 41.7. The molecule has 4 aliphatic carbocycles. The van der Waals surface area contributed by atoms with E-state index in [9.17, 15) is 15.3 Å². The molecule has 4 saturated carbocycles. The largest absolute Gasteiger partial charge is 0.393 e. The summed E-state index contributed by atoms with van der Waals surface area (Å²) >= 11 is 0. The highest BCUT2D eigenvalue weighted by molar-refractivity contribution is 5.39. The fourth-order valence-electron chi connectivity index (χ4n) is 8.21. The first-order valence-corrected chi connectivity index (χ1v) is 14.1. The lowest BCUT2D eigenvalue weighted by atomic mass is 9.53. The van der Waals surface area contributed by atoms with Gasteiger partial charge in [-0.2, -0.15) is 0 Å².